The van der Waals surface area contributed by atoms with Crippen molar-refractivity contribution in [1.29, 1.82) is 0 Å². The Hall–Kier alpha value is -2.13. The van der Waals surface area contributed by atoms with Gasteiger partial charge in [0.25, 0.3) is 5.91 Å². The molecule has 1 aliphatic rings. The second-order valence-electron chi connectivity index (χ2n) is 6.60. The van der Waals surface area contributed by atoms with Gasteiger partial charge in [0, 0.05) is 12.1 Å². The number of carbonyl (C=O) groups is 1. The summed E-state index contributed by atoms with van der Waals surface area (Å²) >= 11 is 0. The lowest BCUT2D eigenvalue weighted by atomic mass is 10.0. The van der Waals surface area contributed by atoms with E-state index in [0.29, 0.717) is 6.54 Å². The predicted octanol–water partition coefficient (Wildman–Crippen LogP) is 3.95. The summed E-state index contributed by atoms with van der Waals surface area (Å²) in [6, 6.07) is 18.5. The molecule has 2 aromatic carbocycles. The topological polar surface area (TPSA) is 32.3 Å². The number of hydrogen-bond donors (Lipinski definition) is 1. The second kappa shape index (κ2) is 8.11. The summed E-state index contributed by atoms with van der Waals surface area (Å²) < 4.78 is 0. The molecule has 0 spiro atoms. The minimum atomic E-state index is 0.00735. The molecular formula is C21H26N2O. The number of piperidine rings is 1. The molecule has 0 bridgehead atoms. The van der Waals surface area contributed by atoms with Crippen molar-refractivity contribution in [3.63, 3.8) is 0 Å². The Morgan fingerprint density at radius 3 is 2.33 bits per heavy atom. The highest BCUT2D eigenvalue weighted by molar-refractivity contribution is 5.94. The third kappa shape index (κ3) is 4.24. The van der Waals surface area contributed by atoms with Gasteiger partial charge in [-0.25, -0.2) is 0 Å². The molecule has 0 aromatic heterocycles. The molecule has 1 amide bonds. The number of hydrogen-bond acceptors (Lipinski definition) is 2. The fourth-order valence-corrected chi connectivity index (χ4v) is 3.36. The van der Waals surface area contributed by atoms with Crippen molar-refractivity contribution in [3.05, 3.63) is 71.3 Å². The van der Waals surface area contributed by atoms with E-state index in [1.807, 2.05) is 37.3 Å². The monoisotopic (exact) mass is 322 g/mol. The van der Waals surface area contributed by atoms with E-state index in [4.69, 9.17) is 0 Å². The van der Waals surface area contributed by atoms with Crippen molar-refractivity contribution in [3.8, 4) is 0 Å². The zero-order chi connectivity index (χ0) is 16.8. The van der Waals surface area contributed by atoms with Crippen LogP contribution in [0.3, 0.4) is 0 Å². The van der Waals surface area contributed by atoms with E-state index in [1.54, 1.807) is 0 Å². The molecule has 1 fully saturated rings. The maximum atomic E-state index is 12.4. The Bertz CT molecular complexity index is 645. The van der Waals surface area contributed by atoms with Gasteiger partial charge in [-0.15, -0.1) is 0 Å². The van der Waals surface area contributed by atoms with Gasteiger partial charge in [-0.3, -0.25) is 9.69 Å². The molecule has 0 radical (unpaired) electrons. The average molecular weight is 322 g/mol. The molecular weight excluding hydrogens is 296 g/mol. The van der Waals surface area contributed by atoms with Crippen molar-refractivity contribution in [1.82, 2.24) is 10.2 Å². The summed E-state index contributed by atoms with van der Waals surface area (Å²) in [6.07, 6.45) is 3.80. The van der Waals surface area contributed by atoms with E-state index >= 15 is 0 Å². The Morgan fingerprint density at radius 1 is 1.00 bits per heavy atom. The number of nitrogens with one attached hydrogen (secondary N) is 1. The molecule has 1 aliphatic heterocycles. The second-order valence-corrected chi connectivity index (χ2v) is 6.60. The van der Waals surface area contributed by atoms with Gasteiger partial charge in [0.1, 0.15) is 0 Å². The Balaban J connectivity index is 1.69. The van der Waals surface area contributed by atoms with Gasteiger partial charge in [-0.2, -0.15) is 0 Å². The summed E-state index contributed by atoms with van der Waals surface area (Å²) in [5, 5.41) is 3.13. The number of benzene rings is 2. The number of likely N-dealkylation sites (tertiary alicyclic amines) is 1. The van der Waals surface area contributed by atoms with Crippen LogP contribution in [-0.2, 0) is 0 Å². The van der Waals surface area contributed by atoms with E-state index in [2.05, 4.69) is 34.5 Å². The number of carbonyl (C=O) groups excluding carboxylic acids is 1. The highest BCUT2D eigenvalue weighted by Crippen LogP contribution is 2.24. The van der Waals surface area contributed by atoms with Crippen LogP contribution in [0, 0.1) is 6.92 Å². The van der Waals surface area contributed by atoms with Crippen LogP contribution in [0.15, 0.2) is 54.6 Å². The molecule has 0 saturated carbocycles. The van der Waals surface area contributed by atoms with Gasteiger partial charge >= 0.3 is 0 Å². The smallest absolute Gasteiger partial charge is 0.251 e. The summed E-state index contributed by atoms with van der Waals surface area (Å²) in [5.74, 6) is 0.00735. The maximum Gasteiger partial charge on any atom is 0.251 e. The molecule has 1 saturated heterocycles. The largest absolute Gasteiger partial charge is 0.350 e. The SMILES string of the molecule is Cc1ccc(C(=O)NCC(c2ccccc2)N2CCCCC2)cc1. The third-order valence-electron chi connectivity index (χ3n) is 4.79. The van der Waals surface area contributed by atoms with Crippen LogP contribution >= 0.6 is 0 Å². The first kappa shape index (κ1) is 16.7. The van der Waals surface area contributed by atoms with E-state index in [9.17, 15) is 4.79 Å². The van der Waals surface area contributed by atoms with Gasteiger partial charge in [-0.1, -0.05) is 54.4 Å². The van der Waals surface area contributed by atoms with Crippen molar-refractivity contribution in [2.24, 2.45) is 0 Å². The predicted molar refractivity (Wildman–Crippen MR) is 98.1 cm³/mol. The lowest BCUT2D eigenvalue weighted by Crippen LogP contribution is -2.40. The minimum absolute atomic E-state index is 0.00735. The molecule has 24 heavy (non-hydrogen) atoms. The highest BCUT2D eigenvalue weighted by Gasteiger charge is 2.22. The van der Waals surface area contributed by atoms with Gasteiger partial charge in [0.05, 0.1) is 6.04 Å². The number of aryl methyl sites for hydroxylation is 1. The Morgan fingerprint density at radius 2 is 1.67 bits per heavy atom. The normalized spacial score (nSPS) is 16.5. The van der Waals surface area contributed by atoms with Crippen LogP contribution in [0.5, 0.6) is 0 Å². The first-order valence-corrected chi connectivity index (χ1v) is 8.88. The molecule has 1 atom stereocenters. The first-order chi connectivity index (χ1) is 11.7. The van der Waals surface area contributed by atoms with Gasteiger partial charge in [0.15, 0.2) is 0 Å². The van der Waals surface area contributed by atoms with E-state index in [1.165, 1.54) is 30.4 Å². The van der Waals surface area contributed by atoms with Crippen LogP contribution < -0.4 is 5.32 Å². The number of rotatable bonds is 5. The summed E-state index contributed by atoms with van der Waals surface area (Å²) in [7, 11) is 0. The molecule has 2 aromatic rings. The molecule has 1 unspecified atom stereocenters. The van der Waals surface area contributed by atoms with Crippen molar-refractivity contribution >= 4 is 5.91 Å². The van der Waals surface area contributed by atoms with E-state index in [0.717, 1.165) is 18.7 Å². The van der Waals surface area contributed by atoms with Crippen LogP contribution in [0.1, 0.15) is 46.8 Å². The average Bonchev–Trinajstić information content (AvgIpc) is 2.64. The molecule has 1 N–H and O–H groups in total. The van der Waals surface area contributed by atoms with Crippen LogP contribution in [0.4, 0.5) is 0 Å². The minimum Gasteiger partial charge on any atom is -0.350 e. The van der Waals surface area contributed by atoms with E-state index < -0.39 is 0 Å². The fourth-order valence-electron chi connectivity index (χ4n) is 3.36. The number of amides is 1. The molecule has 0 aliphatic carbocycles. The summed E-state index contributed by atoms with van der Waals surface area (Å²) in [4.78, 5) is 15.0. The van der Waals surface area contributed by atoms with Gasteiger partial charge in [0.2, 0.25) is 0 Å². The zero-order valence-electron chi connectivity index (χ0n) is 14.4. The molecule has 3 heteroatoms. The lowest BCUT2D eigenvalue weighted by molar-refractivity contribution is 0.0924. The highest BCUT2D eigenvalue weighted by atomic mass is 16.1. The third-order valence-corrected chi connectivity index (χ3v) is 4.79. The first-order valence-electron chi connectivity index (χ1n) is 8.88. The number of nitrogens with zero attached hydrogens (tertiary/aromatic N) is 1. The lowest BCUT2D eigenvalue weighted by Gasteiger charge is -2.35. The molecule has 3 rings (SSSR count). The summed E-state index contributed by atoms with van der Waals surface area (Å²) in [6.45, 7) is 4.90. The van der Waals surface area contributed by atoms with Crippen LogP contribution in [0.2, 0.25) is 0 Å². The standard InChI is InChI=1S/C21H26N2O/c1-17-10-12-19(13-11-17)21(24)22-16-20(18-8-4-2-5-9-18)23-14-6-3-7-15-23/h2,4-5,8-13,20H,3,6-7,14-16H2,1H3,(H,22,24). The van der Waals surface area contributed by atoms with Crippen LogP contribution in [-0.4, -0.2) is 30.4 Å². The van der Waals surface area contributed by atoms with Crippen molar-refractivity contribution < 1.29 is 4.79 Å². The van der Waals surface area contributed by atoms with Gasteiger partial charge < -0.3 is 5.32 Å². The van der Waals surface area contributed by atoms with Crippen LogP contribution in [0.25, 0.3) is 0 Å². The molecule has 126 valence electrons. The fraction of sp³-hybridized carbons (Fsp3) is 0.381. The Kier molecular flexibility index (Phi) is 5.65. The summed E-state index contributed by atoms with van der Waals surface area (Å²) in [5.41, 5.74) is 3.18. The van der Waals surface area contributed by atoms with Crippen molar-refractivity contribution in [2.45, 2.75) is 32.2 Å². The maximum absolute atomic E-state index is 12.4. The molecule has 3 nitrogen and oxygen atoms in total. The Labute approximate surface area is 144 Å². The van der Waals surface area contributed by atoms with Gasteiger partial charge in [-0.05, 0) is 50.6 Å². The zero-order valence-corrected chi connectivity index (χ0v) is 14.4. The molecule has 1 heterocycles. The van der Waals surface area contributed by atoms with Crippen molar-refractivity contribution in [2.75, 3.05) is 19.6 Å². The van der Waals surface area contributed by atoms with E-state index in [-0.39, 0.29) is 11.9 Å². The quantitative estimate of drug-likeness (QED) is 0.904.